The van der Waals surface area contributed by atoms with Crippen LogP contribution < -0.4 is 4.74 Å². The number of esters is 1. The highest BCUT2D eigenvalue weighted by atomic mass is 16.6. The standard InChI is InChI=1S/C14H12N2O5/c1-9-4-3-5-11(13(9)16(18)19)21-12-8-10(6-7-15-12)14(17)20-2/h3-8H,1-2H3. The minimum absolute atomic E-state index is 0.0644. The van der Waals surface area contributed by atoms with Crippen LogP contribution in [-0.4, -0.2) is 23.0 Å². The molecule has 0 aliphatic carbocycles. The Balaban J connectivity index is 2.37. The van der Waals surface area contributed by atoms with Gasteiger partial charge in [0.1, 0.15) is 0 Å². The van der Waals surface area contributed by atoms with Crippen LogP contribution in [0.2, 0.25) is 0 Å². The van der Waals surface area contributed by atoms with E-state index < -0.39 is 10.9 Å². The lowest BCUT2D eigenvalue weighted by Crippen LogP contribution is -2.02. The molecule has 0 amide bonds. The van der Waals surface area contributed by atoms with Crippen molar-refractivity contribution in [2.24, 2.45) is 0 Å². The SMILES string of the molecule is COC(=O)c1ccnc(Oc2cccc(C)c2[N+](=O)[O-])c1. The number of ether oxygens (including phenoxy) is 2. The van der Waals surface area contributed by atoms with Gasteiger partial charge in [0.25, 0.3) is 0 Å². The lowest BCUT2D eigenvalue weighted by Gasteiger charge is -2.07. The van der Waals surface area contributed by atoms with E-state index in [1.165, 1.54) is 31.5 Å². The van der Waals surface area contributed by atoms with Gasteiger partial charge in [-0.3, -0.25) is 10.1 Å². The number of carbonyl (C=O) groups excluding carboxylic acids is 1. The predicted octanol–water partition coefficient (Wildman–Crippen LogP) is 2.88. The van der Waals surface area contributed by atoms with Gasteiger partial charge in [-0.2, -0.15) is 0 Å². The topological polar surface area (TPSA) is 91.6 Å². The highest BCUT2D eigenvalue weighted by Crippen LogP contribution is 2.33. The molecule has 21 heavy (non-hydrogen) atoms. The lowest BCUT2D eigenvalue weighted by atomic mass is 10.2. The van der Waals surface area contributed by atoms with E-state index in [0.717, 1.165) is 0 Å². The van der Waals surface area contributed by atoms with E-state index in [0.29, 0.717) is 5.56 Å². The molecule has 7 heteroatoms. The van der Waals surface area contributed by atoms with Crippen molar-refractivity contribution in [2.75, 3.05) is 7.11 Å². The third kappa shape index (κ3) is 3.14. The van der Waals surface area contributed by atoms with Gasteiger partial charge in [0.05, 0.1) is 17.6 Å². The fourth-order valence-corrected chi connectivity index (χ4v) is 1.77. The second-order valence-electron chi connectivity index (χ2n) is 4.16. The van der Waals surface area contributed by atoms with E-state index >= 15 is 0 Å². The quantitative estimate of drug-likeness (QED) is 0.488. The molecule has 108 valence electrons. The summed E-state index contributed by atoms with van der Waals surface area (Å²) in [7, 11) is 1.26. The molecule has 0 spiro atoms. The average Bonchev–Trinajstić information content (AvgIpc) is 2.46. The minimum Gasteiger partial charge on any atom is -0.465 e. The summed E-state index contributed by atoms with van der Waals surface area (Å²) in [4.78, 5) is 25.9. The number of aryl methyl sites for hydroxylation is 1. The molecule has 1 aromatic heterocycles. The van der Waals surface area contributed by atoms with Gasteiger partial charge in [0.2, 0.25) is 11.6 Å². The minimum atomic E-state index is -0.541. The van der Waals surface area contributed by atoms with Gasteiger partial charge in [0, 0.05) is 17.8 Å². The van der Waals surface area contributed by atoms with E-state index in [2.05, 4.69) is 9.72 Å². The average molecular weight is 288 g/mol. The van der Waals surface area contributed by atoms with Crippen LogP contribution in [0.25, 0.3) is 0 Å². The zero-order chi connectivity index (χ0) is 15.4. The summed E-state index contributed by atoms with van der Waals surface area (Å²) in [6, 6.07) is 7.55. The van der Waals surface area contributed by atoms with Crippen molar-refractivity contribution in [1.29, 1.82) is 0 Å². The van der Waals surface area contributed by atoms with Crippen LogP contribution in [0.1, 0.15) is 15.9 Å². The maximum absolute atomic E-state index is 11.4. The van der Waals surface area contributed by atoms with E-state index in [-0.39, 0.29) is 22.9 Å². The van der Waals surface area contributed by atoms with Crippen molar-refractivity contribution >= 4 is 11.7 Å². The van der Waals surface area contributed by atoms with E-state index in [4.69, 9.17) is 4.74 Å². The Labute approximate surface area is 120 Å². The summed E-state index contributed by atoms with van der Waals surface area (Å²) < 4.78 is 10.0. The molecule has 0 fully saturated rings. The normalized spacial score (nSPS) is 10.0. The molecule has 0 saturated heterocycles. The molecule has 0 aliphatic heterocycles. The van der Waals surface area contributed by atoms with E-state index in [1.54, 1.807) is 19.1 Å². The molecule has 1 aromatic carbocycles. The lowest BCUT2D eigenvalue weighted by molar-refractivity contribution is -0.386. The van der Waals surface area contributed by atoms with E-state index in [9.17, 15) is 14.9 Å². The predicted molar refractivity (Wildman–Crippen MR) is 73.5 cm³/mol. The molecule has 2 aromatic rings. The van der Waals surface area contributed by atoms with Gasteiger partial charge in [-0.1, -0.05) is 12.1 Å². The number of para-hydroxylation sites is 1. The number of aromatic nitrogens is 1. The number of pyridine rings is 1. The number of nitro groups is 1. The summed E-state index contributed by atoms with van der Waals surface area (Å²) in [5.74, 6) is -0.401. The number of nitrogens with zero attached hydrogens (tertiary/aromatic N) is 2. The van der Waals surface area contributed by atoms with Crippen LogP contribution in [0, 0.1) is 17.0 Å². The van der Waals surface area contributed by atoms with Gasteiger partial charge in [-0.15, -0.1) is 0 Å². The summed E-state index contributed by atoms with van der Waals surface area (Å²) in [5, 5.41) is 11.1. The molecule has 0 unspecified atom stereocenters. The summed E-state index contributed by atoms with van der Waals surface area (Å²) in [6.45, 7) is 1.61. The molecule has 0 radical (unpaired) electrons. The fraction of sp³-hybridized carbons (Fsp3) is 0.143. The molecule has 0 bridgehead atoms. The Hall–Kier alpha value is -2.96. The number of hydrogen-bond donors (Lipinski definition) is 0. The monoisotopic (exact) mass is 288 g/mol. The molecule has 1 heterocycles. The highest BCUT2D eigenvalue weighted by Gasteiger charge is 2.19. The van der Waals surface area contributed by atoms with Crippen molar-refractivity contribution in [1.82, 2.24) is 4.98 Å². The van der Waals surface area contributed by atoms with Gasteiger partial charge in [0.15, 0.2) is 0 Å². The maximum Gasteiger partial charge on any atom is 0.338 e. The number of rotatable bonds is 4. The molecule has 0 saturated carbocycles. The third-order valence-corrected chi connectivity index (χ3v) is 2.75. The molecule has 0 aliphatic rings. The zero-order valence-electron chi connectivity index (χ0n) is 11.4. The van der Waals surface area contributed by atoms with Crippen LogP contribution in [0.4, 0.5) is 5.69 Å². The largest absolute Gasteiger partial charge is 0.465 e. The van der Waals surface area contributed by atoms with Crippen molar-refractivity contribution < 1.29 is 19.2 Å². The number of benzene rings is 1. The number of nitro benzene ring substituents is 1. The van der Waals surface area contributed by atoms with Gasteiger partial charge < -0.3 is 9.47 Å². The van der Waals surface area contributed by atoms with Gasteiger partial charge in [-0.25, -0.2) is 9.78 Å². The Morgan fingerprint density at radius 1 is 1.33 bits per heavy atom. The Kier molecular flexibility index (Phi) is 4.13. The van der Waals surface area contributed by atoms with Gasteiger partial charge >= 0.3 is 11.7 Å². The summed E-state index contributed by atoms with van der Waals surface area (Å²) in [6.07, 6.45) is 1.36. The summed E-state index contributed by atoms with van der Waals surface area (Å²) >= 11 is 0. The second kappa shape index (κ2) is 6.00. The first kappa shape index (κ1) is 14.4. The van der Waals surface area contributed by atoms with Gasteiger partial charge in [-0.05, 0) is 19.1 Å². The Bertz CT molecular complexity index is 700. The molecule has 7 nitrogen and oxygen atoms in total. The molecule has 0 atom stereocenters. The van der Waals surface area contributed by atoms with Crippen LogP contribution in [-0.2, 0) is 4.74 Å². The van der Waals surface area contributed by atoms with Crippen LogP contribution in [0.5, 0.6) is 11.6 Å². The number of methoxy groups -OCH3 is 1. The van der Waals surface area contributed by atoms with E-state index in [1.807, 2.05) is 0 Å². The molecular weight excluding hydrogens is 276 g/mol. The Morgan fingerprint density at radius 3 is 2.76 bits per heavy atom. The number of carbonyl (C=O) groups is 1. The van der Waals surface area contributed by atoms with Crippen molar-refractivity contribution in [3.8, 4) is 11.6 Å². The number of hydrogen-bond acceptors (Lipinski definition) is 6. The van der Waals surface area contributed by atoms with Crippen LogP contribution in [0.15, 0.2) is 36.5 Å². The molecule has 0 N–H and O–H groups in total. The Morgan fingerprint density at radius 2 is 2.10 bits per heavy atom. The maximum atomic E-state index is 11.4. The van der Waals surface area contributed by atoms with Crippen molar-refractivity contribution in [3.63, 3.8) is 0 Å². The second-order valence-corrected chi connectivity index (χ2v) is 4.16. The first-order valence-electron chi connectivity index (χ1n) is 5.99. The zero-order valence-corrected chi connectivity index (χ0v) is 11.4. The van der Waals surface area contributed by atoms with Crippen LogP contribution >= 0.6 is 0 Å². The molecular formula is C14H12N2O5. The van der Waals surface area contributed by atoms with Crippen molar-refractivity contribution in [2.45, 2.75) is 6.92 Å². The first-order chi connectivity index (χ1) is 10.0. The summed E-state index contributed by atoms with van der Waals surface area (Å²) in [5.41, 5.74) is 0.585. The van der Waals surface area contributed by atoms with Crippen molar-refractivity contribution in [3.05, 3.63) is 57.8 Å². The molecule has 2 rings (SSSR count). The van der Waals surface area contributed by atoms with Crippen LogP contribution in [0.3, 0.4) is 0 Å². The highest BCUT2D eigenvalue weighted by molar-refractivity contribution is 5.89. The first-order valence-corrected chi connectivity index (χ1v) is 5.99. The smallest absolute Gasteiger partial charge is 0.338 e. The third-order valence-electron chi connectivity index (χ3n) is 2.75. The fourth-order valence-electron chi connectivity index (χ4n) is 1.77.